The molecule has 0 saturated carbocycles. The van der Waals surface area contributed by atoms with E-state index in [4.69, 9.17) is 23.2 Å². The smallest absolute Gasteiger partial charge is 0.0576 e. The minimum absolute atomic E-state index is 0.699. The Balaban J connectivity index is 2.92. The molecule has 0 unspecified atom stereocenters. The third-order valence-electron chi connectivity index (χ3n) is 1.22. The van der Waals surface area contributed by atoms with Crippen LogP contribution in [-0.4, -0.2) is 5.75 Å². The maximum Gasteiger partial charge on any atom is 0.0576 e. The van der Waals surface area contributed by atoms with E-state index in [0.29, 0.717) is 10.0 Å². The predicted octanol–water partition coefficient (Wildman–Crippen LogP) is 5.52. The van der Waals surface area contributed by atoms with E-state index in [1.165, 1.54) is 0 Å². The van der Waals surface area contributed by atoms with E-state index in [1.54, 1.807) is 21.6 Å². The molecule has 1 aromatic rings. The summed E-state index contributed by atoms with van der Waals surface area (Å²) in [4.78, 5) is 0.943. The Bertz CT molecular complexity index is 281. The lowest BCUT2D eigenvalue weighted by Gasteiger charge is -2.05. The normalized spacial score (nSPS) is 10.5. The van der Waals surface area contributed by atoms with Crippen molar-refractivity contribution in [2.45, 2.75) is 11.8 Å². The van der Waals surface area contributed by atoms with Crippen molar-refractivity contribution in [3.8, 4) is 0 Å². The van der Waals surface area contributed by atoms with Crippen LogP contribution in [-0.2, 0) is 0 Å². The summed E-state index contributed by atoms with van der Waals surface area (Å²) in [6, 6.07) is 3.71. The molecule has 13 heavy (non-hydrogen) atoms. The highest BCUT2D eigenvalue weighted by Gasteiger charge is 2.07. The van der Waals surface area contributed by atoms with Gasteiger partial charge in [0.25, 0.3) is 0 Å². The van der Waals surface area contributed by atoms with Gasteiger partial charge in [0.2, 0.25) is 0 Å². The summed E-state index contributed by atoms with van der Waals surface area (Å²) in [6.07, 6.45) is 0. The molecule has 0 fully saturated rings. The standard InChI is InChI=1S/C8H7BrCl2S2/c1-2-12-13-8-6(10)3-5(9)4-7(8)11/h3-4H,2H2,1H3. The molecule has 0 nitrogen and oxygen atoms in total. The number of hydrogen-bond donors (Lipinski definition) is 0. The highest BCUT2D eigenvalue weighted by molar-refractivity contribution is 9.10. The van der Waals surface area contributed by atoms with Crippen molar-refractivity contribution in [3.63, 3.8) is 0 Å². The molecule has 0 radical (unpaired) electrons. The van der Waals surface area contributed by atoms with Gasteiger partial charge in [-0.2, -0.15) is 0 Å². The van der Waals surface area contributed by atoms with Gasteiger partial charge in [-0.25, -0.2) is 0 Å². The summed E-state index contributed by atoms with van der Waals surface area (Å²) < 4.78 is 0.911. The van der Waals surface area contributed by atoms with Gasteiger partial charge in [0.1, 0.15) is 0 Å². The number of benzene rings is 1. The van der Waals surface area contributed by atoms with Gasteiger partial charge in [0, 0.05) is 10.2 Å². The second-order valence-electron chi connectivity index (χ2n) is 2.19. The highest BCUT2D eigenvalue weighted by atomic mass is 79.9. The van der Waals surface area contributed by atoms with E-state index < -0.39 is 0 Å². The monoisotopic (exact) mass is 316 g/mol. The molecule has 0 heterocycles. The van der Waals surface area contributed by atoms with E-state index in [2.05, 4.69) is 22.9 Å². The molecule has 72 valence electrons. The molecule has 1 aromatic carbocycles. The molecule has 5 heteroatoms. The molecule has 0 N–H and O–H groups in total. The van der Waals surface area contributed by atoms with Gasteiger partial charge in [-0.3, -0.25) is 0 Å². The van der Waals surface area contributed by atoms with Crippen molar-refractivity contribution in [1.29, 1.82) is 0 Å². The molecule has 0 aliphatic carbocycles. The lowest BCUT2D eigenvalue weighted by molar-refractivity contribution is 1.45. The quantitative estimate of drug-likeness (QED) is 0.673. The molecular weight excluding hydrogens is 311 g/mol. The van der Waals surface area contributed by atoms with Crippen molar-refractivity contribution in [3.05, 3.63) is 26.7 Å². The van der Waals surface area contributed by atoms with Crippen molar-refractivity contribution in [2.24, 2.45) is 0 Å². The van der Waals surface area contributed by atoms with Gasteiger partial charge < -0.3 is 0 Å². The topological polar surface area (TPSA) is 0 Å². The van der Waals surface area contributed by atoms with Gasteiger partial charge in [0.15, 0.2) is 0 Å². The van der Waals surface area contributed by atoms with Crippen LogP contribution in [0.15, 0.2) is 21.5 Å². The van der Waals surface area contributed by atoms with Crippen molar-refractivity contribution in [1.82, 2.24) is 0 Å². The van der Waals surface area contributed by atoms with Crippen LogP contribution in [0.5, 0.6) is 0 Å². The fraction of sp³-hybridized carbons (Fsp3) is 0.250. The average molecular weight is 318 g/mol. The van der Waals surface area contributed by atoms with Gasteiger partial charge in [-0.1, -0.05) is 67.6 Å². The highest BCUT2D eigenvalue weighted by Crippen LogP contribution is 2.42. The number of halogens is 3. The zero-order valence-corrected chi connectivity index (χ0v) is 11.5. The minimum atomic E-state index is 0.699. The zero-order chi connectivity index (χ0) is 9.84. The molecule has 0 aliphatic heterocycles. The first-order valence-electron chi connectivity index (χ1n) is 3.59. The second kappa shape index (κ2) is 5.76. The largest absolute Gasteiger partial charge is 0.0891 e. The molecule has 0 aromatic heterocycles. The van der Waals surface area contributed by atoms with Crippen LogP contribution >= 0.6 is 60.7 Å². The van der Waals surface area contributed by atoms with Gasteiger partial charge >= 0.3 is 0 Å². The number of hydrogen-bond acceptors (Lipinski definition) is 2. The van der Waals surface area contributed by atoms with E-state index >= 15 is 0 Å². The molecule has 0 saturated heterocycles. The van der Waals surface area contributed by atoms with Crippen molar-refractivity contribution < 1.29 is 0 Å². The lowest BCUT2D eigenvalue weighted by Crippen LogP contribution is -1.76. The van der Waals surface area contributed by atoms with Crippen LogP contribution in [0.1, 0.15) is 6.92 Å². The summed E-state index contributed by atoms with van der Waals surface area (Å²) in [5.41, 5.74) is 0. The minimum Gasteiger partial charge on any atom is -0.0891 e. The first kappa shape index (κ1) is 12.1. The summed E-state index contributed by atoms with van der Waals surface area (Å²) in [6.45, 7) is 2.10. The maximum atomic E-state index is 6.02. The average Bonchev–Trinajstić information content (AvgIpc) is 2.02. The molecule has 0 atom stereocenters. The fourth-order valence-electron chi connectivity index (χ4n) is 0.726. The fourth-order valence-corrected chi connectivity index (χ4v) is 4.20. The van der Waals surface area contributed by atoms with Crippen LogP contribution in [0.3, 0.4) is 0 Å². The molecule has 0 aliphatic rings. The van der Waals surface area contributed by atoms with E-state index in [1.807, 2.05) is 12.1 Å². The Morgan fingerprint density at radius 3 is 2.31 bits per heavy atom. The maximum absolute atomic E-state index is 6.02. The van der Waals surface area contributed by atoms with E-state index in [9.17, 15) is 0 Å². The van der Waals surface area contributed by atoms with Crippen LogP contribution < -0.4 is 0 Å². The van der Waals surface area contributed by atoms with Gasteiger partial charge in [-0.15, -0.1) is 0 Å². The Hall–Kier alpha value is 0.980. The number of rotatable bonds is 3. The van der Waals surface area contributed by atoms with Gasteiger partial charge in [0.05, 0.1) is 14.9 Å². The zero-order valence-electron chi connectivity index (χ0n) is 6.81. The van der Waals surface area contributed by atoms with Crippen LogP contribution in [0.2, 0.25) is 10.0 Å². The Morgan fingerprint density at radius 1 is 1.31 bits per heavy atom. The van der Waals surface area contributed by atoms with E-state index in [0.717, 1.165) is 15.1 Å². The molecule has 0 amide bonds. The predicted molar refractivity (Wildman–Crippen MR) is 68.2 cm³/mol. The van der Waals surface area contributed by atoms with Crippen LogP contribution in [0.4, 0.5) is 0 Å². The summed E-state index contributed by atoms with van der Waals surface area (Å²) in [7, 11) is 3.34. The second-order valence-corrected chi connectivity index (χ2v) is 6.51. The van der Waals surface area contributed by atoms with Gasteiger partial charge in [-0.05, 0) is 12.1 Å². The Kier molecular flexibility index (Phi) is 5.34. The van der Waals surface area contributed by atoms with Crippen molar-refractivity contribution >= 4 is 60.7 Å². The molecule has 0 spiro atoms. The first-order valence-corrected chi connectivity index (χ1v) is 7.46. The Labute approximate surface area is 104 Å². The summed E-state index contributed by atoms with van der Waals surface area (Å²) >= 11 is 15.4. The molecular formula is C8H7BrCl2S2. The SMILES string of the molecule is CCSSc1c(Cl)cc(Br)cc1Cl. The first-order chi connectivity index (χ1) is 6.15. The molecule has 0 bridgehead atoms. The van der Waals surface area contributed by atoms with Crippen molar-refractivity contribution in [2.75, 3.05) is 5.75 Å². The summed E-state index contributed by atoms with van der Waals surface area (Å²) in [5.74, 6) is 1.04. The summed E-state index contributed by atoms with van der Waals surface area (Å²) in [5, 5.41) is 1.40. The van der Waals surface area contributed by atoms with Crippen LogP contribution in [0, 0.1) is 0 Å². The van der Waals surface area contributed by atoms with Crippen LogP contribution in [0.25, 0.3) is 0 Å². The third kappa shape index (κ3) is 3.56. The molecule has 1 rings (SSSR count). The Morgan fingerprint density at radius 2 is 1.85 bits per heavy atom. The third-order valence-corrected chi connectivity index (χ3v) is 5.02. The lowest BCUT2D eigenvalue weighted by atomic mass is 10.4. The van der Waals surface area contributed by atoms with E-state index in [-0.39, 0.29) is 0 Å².